The summed E-state index contributed by atoms with van der Waals surface area (Å²) in [6.45, 7) is 0.180. The molecule has 0 aliphatic heterocycles. The highest BCUT2D eigenvalue weighted by atomic mass is 79.9. The van der Waals surface area contributed by atoms with E-state index in [0.717, 1.165) is 6.07 Å². The lowest BCUT2D eigenvalue weighted by Gasteiger charge is -2.09. The molecule has 0 radical (unpaired) electrons. The van der Waals surface area contributed by atoms with Gasteiger partial charge in [-0.2, -0.15) is 10.4 Å². The van der Waals surface area contributed by atoms with Gasteiger partial charge in [-0.05, 0) is 75.6 Å². The van der Waals surface area contributed by atoms with E-state index in [1.54, 1.807) is 36.4 Å². The van der Waals surface area contributed by atoms with Gasteiger partial charge in [-0.1, -0.05) is 12.1 Å². The fraction of sp³-hybridized carbons (Fsp3) is 0.0435. The number of nitriles is 1. The Balaban J connectivity index is 1.61. The zero-order valence-electron chi connectivity index (χ0n) is 16.4. The summed E-state index contributed by atoms with van der Waals surface area (Å²) in [6, 6.07) is 16.9. The highest BCUT2D eigenvalue weighted by Crippen LogP contribution is 2.26. The van der Waals surface area contributed by atoms with Gasteiger partial charge in [0.15, 0.2) is 0 Å². The van der Waals surface area contributed by atoms with Crippen LogP contribution in [-0.2, 0) is 6.61 Å². The van der Waals surface area contributed by atoms with Gasteiger partial charge < -0.3 is 9.84 Å². The lowest BCUT2D eigenvalue weighted by Crippen LogP contribution is -2.19. The number of hydrazone groups is 1. The molecule has 2 N–H and O–H groups in total. The fourth-order valence-corrected chi connectivity index (χ4v) is 3.18. The molecule has 0 bridgehead atoms. The third-order valence-corrected chi connectivity index (χ3v) is 4.87. The van der Waals surface area contributed by atoms with E-state index >= 15 is 0 Å². The first-order valence-electron chi connectivity index (χ1n) is 9.15. The first-order valence-corrected chi connectivity index (χ1v) is 9.94. The predicted octanol–water partition coefficient (Wildman–Crippen LogP) is 4.50. The van der Waals surface area contributed by atoms with Crippen molar-refractivity contribution < 1.29 is 23.8 Å². The van der Waals surface area contributed by atoms with E-state index in [1.165, 1.54) is 30.5 Å². The summed E-state index contributed by atoms with van der Waals surface area (Å²) < 4.78 is 20.2. The Morgan fingerprint density at radius 3 is 2.69 bits per heavy atom. The first kappa shape index (κ1) is 22.7. The van der Waals surface area contributed by atoms with Crippen LogP contribution >= 0.6 is 15.9 Å². The van der Waals surface area contributed by atoms with E-state index < -0.39 is 17.7 Å². The predicted molar refractivity (Wildman–Crippen MR) is 118 cm³/mol. The lowest BCUT2D eigenvalue weighted by atomic mass is 10.1. The number of carbonyl (C=O) groups is 2. The van der Waals surface area contributed by atoms with Crippen molar-refractivity contribution in [1.29, 1.82) is 5.26 Å². The summed E-state index contributed by atoms with van der Waals surface area (Å²) in [6.07, 6.45) is 1.38. The second-order valence-electron chi connectivity index (χ2n) is 6.49. The van der Waals surface area contributed by atoms with Gasteiger partial charge in [0, 0.05) is 0 Å². The number of halogens is 2. The maximum atomic E-state index is 13.9. The molecule has 3 aromatic carbocycles. The summed E-state index contributed by atoms with van der Waals surface area (Å²) in [7, 11) is 0. The average molecular weight is 496 g/mol. The normalized spacial score (nSPS) is 10.5. The van der Waals surface area contributed by atoms with Crippen molar-refractivity contribution in [2.75, 3.05) is 0 Å². The zero-order valence-corrected chi connectivity index (χ0v) is 18.0. The Morgan fingerprint density at radius 1 is 1.19 bits per heavy atom. The van der Waals surface area contributed by atoms with Crippen LogP contribution in [0.1, 0.15) is 37.4 Å². The summed E-state index contributed by atoms with van der Waals surface area (Å²) >= 11 is 3.39. The van der Waals surface area contributed by atoms with Crippen LogP contribution in [0.4, 0.5) is 4.39 Å². The van der Waals surface area contributed by atoms with Gasteiger partial charge in [0.05, 0.1) is 33.4 Å². The summed E-state index contributed by atoms with van der Waals surface area (Å²) in [5.41, 5.74) is 3.65. The molecule has 0 fully saturated rings. The third kappa shape index (κ3) is 5.77. The van der Waals surface area contributed by atoms with Crippen molar-refractivity contribution in [3.05, 3.63) is 98.8 Å². The highest BCUT2D eigenvalue weighted by molar-refractivity contribution is 9.10. The van der Waals surface area contributed by atoms with Crippen LogP contribution in [-0.4, -0.2) is 23.2 Å². The molecular formula is C23H15BrFN3O4. The summed E-state index contributed by atoms with van der Waals surface area (Å²) in [4.78, 5) is 23.1. The molecule has 0 unspecified atom stereocenters. The molecule has 7 nitrogen and oxygen atoms in total. The first-order chi connectivity index (χ1) is 15.4. The fourth-order valence-electron chi connectivity index (χ4n) is 2.66. The Hall–Kier alpha value is -4.03. The van der Waals surface area contributed by atoms with Crippen molar-refractivity contribution in [3.63, 3.8) is 0 Å². The SMILES string of the molecule is N#Cc1ccc(C(=O)NN=Cc2ccc(OCc3cccc(C(=O)O)c3)c(Br)c2)c(F)c1. The number of amides is 1. The second kappa shape index (κ2) is 10.3. The number of hydrogen-bond acceptors (Lipinski definition) is 5. The molecule has 0 saturated heterocycles. The molecule has 0 aliphatic carbocycles. The quantitative estimate of drug-likeness (QED) is 0.370. The number of rotatable bonds is 7. The Bertz CT molecular complexity index is 1250. The highest BCUT2D eigenvalue weighted by Gasteiger charge is 2.11. The lowest BCUT2D eigenvalue weighted by molar-refractivity contribution is 0.0696. The van der Waals surface area contributed by atoms with Crippen LogP contribution in [0.5, 0.6) is 5.75 Å². The number of hydrogen-bond donors (Lipinski definition) is 2. The minimum Gasteiger partial charge on any atom is -0.488 e. The second-order valence-corrected chi connectivity index (χ2v) is 7.34. The van der Waals surface area contributed by atoms with E-state index in [0.29, 0.717) is 21.3 Å². The van der Waals surface area contributed by atoms with E-state index in [2.05, 4.69) is 26.5 Å². The van der Waals surface area contributed by atoms with Crippen LogP contribution in [0, 0.1) is 17.1 Å². The van der Waals surface area contributed by atoms with E-state index in [4.69, 9.17) is 15.1 Å². The van der Waals surface area contributed by atoms with E-state index in [9.17, 15) is 14.0 Å². The Kier molecular flexibility index (Phi) is 7.31. The molecule has 3 aromatic rings. The maximum absolute atomic E-state index is 13.9. The molecule has 0 aromatic heterocycles. The number of benzene rings is 3. The van der Waals surface area contributed by atoms with Crippen LogP contribution in [0.2, 0.25) is 0 Å². The molecule has 32 heavy (non-hydrogen) atoms. The monoisotopic (exact) mass is 495 g/mol. The topological polar surface area (TPSA) is 112 Å². The van der Waals surface area contributed by atoms with Crippen LogP contribution in [0.3, 0.4) is 0 Å². The number of carbonyl (C=O) groups excluding carboxylic acids is 1. The number of carboxylic acid groups (broad SMARTS) is 1. The smallest absolute Gasteiger partial charge is 0.335 e. The number of nitrogens with zero attached hydrogens (tertiary/aromatic N) is 2. The molecule has 0 saturated carbocycles. The number of carboxylic acids is 1. The number of aromatic carboxylic acids is 1. The van der Waals surface area contributed by atoms with Gasteiger partial charge in [0.2, 0.25) is 0 Å². The molecular weight excluding hydrogens is 481 g/mol. The Morgan fingerprint density at radius 2 is 2.00 bits per heavy atom. The number of ether oxygens (including phenoxy) is 1. The zero-order chi connectivity index (χ0) is 23.1. The Labute approximate surface area is 190 Å². The number of nitrogens with one attached hydrogen (secondary N) is 1. The molecule has 9 heteroatoms. The minimum atomic E-state index is -1.01. The van der Waals surface area contributed by atoms with Crippen molar-refractivity contribution in [2.45, 2.75) is 6.61 Å². The molecule has 0 aliphatic rings. The van der Waals surface area contributed by atoms with Gasteiger partial charge >= 0.3 is 5.97 Å². The largest absolute Gasteiger partial charge is 0.488 e. The van der Waals surface area contributed by atoms with Crippen LogP contribution in [0.15, 0.2) is 70.2 Å². The molecule has 1 amide bonds. The molecule has 0 atom stereocenters. The maximum Gasteiger partial charge on any atom is 0.335 e. The van der Waals surface area contributed by atoms with Crippen LogP contribution < -0.4 is 10.2 Å². The molecule has 160 valence electrons. The van der Waals surface area contributed by atoms with Crippen molar-refractivity contribution >= 4 is 34.0 Å². The van der Waals surface area contributed by atoms with Crippen molar-refractivity contribution in [2.24, 2.45) is 5.10 Å². The minimum absolute atomic E-state index is 0.115. The van der Waals surface area contributed by atoms with E-state index in [-0.39, 0.29) is 23.3 Å². The van der Waals surface area contributed by atoms with Gasteiger partial charge in [0.1, 0.15) is 18.2 Å². The average Bonchev–Trinajstić information content (AvgIpc) is 2.78. The molecule has 0 spiro atoms. The summed E-state index contributed by atoms with van der Waals surface area (Å²) in [5.74, 6) is -2.03. The van der Waals surface area contributed by atoms with Crippen molar-refractivity contribution in [3.8, 4) is 11.8 Å². The molecule has 0 heterocycles. The van der Waals surface area contributed by atoms with Gasteiger partial charge in [0.25, 0.3) is 5.91 Å². The molecule has 3 rings (SSSR count). The summed E-state index contributed by atoms with van der Waals surface area (Å²) in [5, 5.41) is 21.6. The van der Waals surface area contributed by atoms with E-state index in [1.807, 2.05) is 0 Å². The van der Waals surface area contributed by atoms with Gasteiger partial charge in [-0.15, -0.1) is 0 Å². The van der Waals surface area contributed by atoms with Crippen LogP contribution in [0.25, 0.3) is 0 Å². The van der Waals surface area contributed by atoms with Gasteiger partial charge in [-0.3, -0.25) is 4.79 Å². The van der Waals surface area contributed by atoms with Crippen molar-refractivity contribution in [1.82, 2.24) is 5.43 Å². The van der Waals surface area contributed by atoms with Gasteiger partial charge in [-0.25, -0.2) is 14.6 Å². The standard InChI is InChI=1S/C23H15BrFN3O4/c24-19-9-15(12-27-28-22(29)18-6-4-14(11-26)10-20(18)25)5-7-21(19)32-13-16-2-1-3-17(8-16)23(30)31/h1-10,12H,13H2,(H,28,29)(H,30,31). The third-order valence-electron chi connectivity index (χ3n) is 4.25.